The molecule has 0 amide bonds. The molecular weight excluding hydrogens is 158 g/mol. The first kappa shape index (κ1) is 17.9. The molecule has 0 heterocycles. The minimum Gasteiger partial charge on any atom is -0.388 e. The van der Waals surface area contributed by atoms with E-state index in [1.165, 1.54) is 0 Å². The molecule has 0 aromatic carbocycles. The molecule has 0 saturated carbocycles. The molecule has 0 spiro atoms. The third-order valence-corrected chi connectivity index (χ3v) is 1.15. The maximum absolute atomic E-state index is 3.76. The Morgan fingerprint density at radius 3 is 1.77 bits per heavy atom. The summed E-state index contributed by atoms with van der Waals surface area (Å²) in [6, 6.07) is 0. The molecule has 0 aliphatic heterocycles. The first-order valence-electron chi connectivity index (χ1n) is 4.88. The standard InChI is InChI=1S/C8H13N.2C2H6/c1-5-6-7(2)8(3)9-4;2*1-2/h5-6,9H,1,3H2,2,4H3;2*1-2H3/b7-6-;;. The van der Waals surface area contributed by atoms with E-state index in [1.807, 2.05) is 47.7 Å². The Balaban J connectivity index is -0.000000218. The topological polar surface area (TPSA) is 12.0 Å². The largest absolute Gasteiger partial charge is 0.388 e. The second-order valence-electron chi connectivity index (χ2n) is 1.81. The van der Waals surface area contributed by atoms with Gasteiger partial charge >= 0.3 is 0 Å². The molecule has 0 rings (SSSR count). The zero-order valence-electron chi connectivity index (χ0n) is 10.1. The van der Waals surface area contributed by atoms with Gasteiger partial charge < -0.3 is 5.32 Å². The van der Waals surface area contributed by atoms with Gasteiger partial charge in [0.15, 0.2) is 0 Å². The van der Waals surface area contributed by atoms with Crippen LogP contribution in [-0.2, 0) is 0 Å². The number of rotatable bonds is 3. The van der Waals surface area contributed by atoms with Gasteiger partial charge in [-0.2, -0.15) is 0 Å². The molecule has 78 valence electrons. The van der Waals surface area contributed by atoms with Gasteiger partial charge in [-0.1, -0.05) is 53.0 Å². The van der Waals surface area contributed by atoms with E-state index in [4.69, 9.17) is 0 Å². The molecule has 0 radical (unpaired) electrons. The molecule has 1 N–H and O–H groups in total. The van der Waals surface area contributed by atoms with Gasteiger partial charge in [-0.3, -0.25) is 0 Å². The highest BCUT2D eigenvalue weighted by Crippen LogP contribution is 2.00. The minimum absolute atomic E-state index is 0.940. The van der Waals surface area contributed by atoms with Crippen LogP contribution in [0.5, 0.6) is 0 Å². The van der Waals surface area contributed by atoms with Gasteiger partial charge in [0.25, 0.3) is 0 Å². The maximum atomic E-state index is 3.76. The van der Waals surface area contributed by atoms with E-state index in [1.54, 1.807) is 6.08 Å². The number of likely N-dealkylation sites (N-methyl/N-ethyl adjacent to an activating group) is 1. The summed E-state index contributed by atoms with van der Waals surface area (Å²) < 4.78 is 0. The van der Waals surface area contributed by atoms with Crippen LogP contribution >= 0.6 is 0 Å². The highest BCUT2D eigenvalue weighted by Gasteiger charge is 1.87. The number of hydrogen-bond donors (Lipinski definition) is 1. The quantitative estimate of drug-likeness (QED) is 0.654. The fourth-order valence-corrected chi connectivity index (χ4v) is 0.475. The van der Waals surface area contributed by atoms with E-state index >= 15 is 0 Å². The van der Waals surface area contributed by atoms with E-state index in [-0.39, 0.29) is 0 Å². The zero-order valence-corrected chi connectivity index (χ0v) is 10.1. The van der Waals surface area contributed by atoms with Gasteiger partial charge in [0, 0.05) is 12.7 Å². The van der Waals surface area contributed by atoms with Crippen molar-refractivity contribution in [3.8, 4) is 0 Å². The van der Waals surface area contributed by atoms with Crippen LogP contribution in [0.15, 0.2) is 36.6 Å². The Bertz CT molecular complexity index is 143. The zero-order chi connectivity index (χ0) is 11.3. The van der Waals surface area contributed by atoms with Crippen molar-refractivity contribution in [1.29, 1.82) is 0 Å². The Kier molecular flexibility index (Phi) is 23.7. The van der Waals surface area contributed by atoms with Crippen molar-refractivity contribution < 1.29 is 0 Å². The lowest BCUT2D eigenvalue weighted by Crippen LogP contribution is -2.04. The molecule has 0 atom stereocenters. The van der Waals surface area contributed by atoms with Crippen molar-refractivity contribution >= 4 is 0 Å². The van der Waals surface area contributed by atoms with E-state index in [0.717, 1.165) is 11.3 Å². The van der Waals surface area contributed by atoms with Gasteiger partial charge in [-0.05, 0) is 12.5 Å². The fourth-order valence-electron chi connectivity index (χ4n) is 0.475. The molecule has 0 bridgehead atoms. The molecule has 0 saturated heterocycles. The minimum atomic E-state index is 0.940. The van der Waals surface area contributed by atoms with Crippen LogP contribution in [0.2, 0.25) is 0 Å². The summed E-state index contributed by atoms with van der Waals surface area (Å²) in [5.74, 6) is 0. The molecule has 0 aromatic heterocycles. The van der Waals surface area contributed by atoms with Gasteiger partial charge in [-0.15, -0.1) is 0 Å². The van der Waals surface area contributed by atoms with Crippen LogP contribution in [-0.4, -0.2) is 7.05 Å². The molecule has 0 aliphatic rings. The van der Waals surface area contributed by atoms with Crippen molar-refractivity contribution in [2.75, 3.05) is 7.05 Å². The molecule has 0 unspecified atom stereocenters. The van der Waals surface area contributed by atoms with E-state index in [9.17, 15) is 0 Å². The average molecular weight is 183 g/mol. The molecule has 13 heavy (non-hydrogen) atoms. The summed E-state index contributed by atoms with van der Waals surface area (Å²) in [5.41, 5.74) is 2.06. The third-order valence-electron chi connectivity index (χ3n) is 1.15. The lowest BCUT2D eigenvalue weighted by Gasteiger charge is -2.01. The van der Waals surface area contributed by atoms with Crippen molar-refractivity contribution in [3.63, 3.8) is 0 Å². The summed E-state index contributed by atoms with van der Waals surface area (Å²) in [7, 11) is 1.85. The second-order valence-corrected chi connectivity index (χ2v) is 1.81. The normalized spacial score (nSPS) is 8.31. The van der Waals surface area contributed by atoms with Crippen LogP contribution in [0.25, 0.3) is 0 Å². The van der Waals surface area contributed by atoms with Crippen molar-refractivity contribution in [3.05, 3.63) is 36.6 Å². The Labute approximate surface area is 84.2 Å². The van der Waals surface area contributed by atoms with Gasteiger partial charge in [0.1, 0.15) is 0 Å². The van der Waals surface area contributed by atoms with Crippen LogP contribution in [0.1, 0.15) is 34.6 Å². The molecule has 1 heteroatoms. The van der Waals surface area contributed by atoms with Gasteiger partial charge in [-0.25, -0.2) is 0 Å². The van der Waals surface area contributed by atoms with E-state index < -0.39 is 0 Å². The Morgan fingerprint density at radius 2 is 1.54 bits per heavy atom. The number of hydrogen-bond acceptors (Lipinski definition) is 1. The lowest BCUT2D eigenvalue weighted by atomic mass is 10.2. The van der Waals surface area contributed by atoms with Crippen LogP contribution in [0.3, 0.4) is 0 Å². The predicted molar refractivity (Wildman–Crippen MR) is 64.8 cm³/mol. The SMILES string of the molecule is C=C/C=C(/C)C(=C)NC.CC.CC. The third kappa shape index (κ3) is 13.9. The van der Waals surface area contributed by atoms with E-state index in [0.29, 0.717) is 0 Å². The summed E-state index contributed by atoms with van der Waals surface area (Å²) in [4.78, 5) is 0. The molecule has 0 fully saturated rings. The highest BCUT2D eigenvalue weighted by atomic mass is 14.8. The van der Waals surface area contributed by atoms with Gasteiger partial charge in [0.2, 0.25) is 0 Å². The van der Waals surface area contributed by atoms with E-state index in [2.05, 4.69) is 18.5 Å². The molecule has 0 aromatic rings. The lowest BCUT2D eigenvalue weighted by molar-refractivity contribution is 1.01. The predicted octanol–water partition coefficient (Wildman–Crippen LogP) is 3.90. The maximum Gasteiger partial charge on any atom is 0.0294 e. The molecule has 1 nitrogen and oxygen atoms in total. The summed E-state index contributed by atoms with van der Waals surface area (Å²) in [6.07, 6.45) is 3.66. The first-order valence-corrected chi connectivity index (χ1v) is 4.88. The van der Waals surface area contributed by atoms with Crippen molar-refractivity contribution in [2.24, 2.45) is 0 Å². The van der Waals surface area contributed by atoms with Crippen LogP contribution in [0.4, 0.5) is 0 Å². The first-order chi connectivity index (χ1) is 6.22. The number of allylic oxidation sites excluding steroid dienone is 3. The second kappa shape index (κ2) is 17.2. The molecular formula is C12H25N. The fraction of sp³-hybridized carbons (Fsp3) is 0.500. The van der Waals surface area contributed by atoms with Crippen molar-refractivity contribution in [1.82, 2.24) is 5.32 Å². The van der Waals surface area contributed by atoms with Crippen LogP contribution in [0, 0.1) is 0 Å². The van der Waals surface area contributed by atoms with Crippen molar-refractivity contribution in [2.45, 2.75) is 34.6 Å². The highest BCUT2D eigenvalue weighted by molar-refractivity contribution is 5.27. The van der Waals surface area contributed by atoms with Gasteiger partial charge in [0.05, 0.1) is 0 Å². The Hall–Kier alpha value is -0.980. The average Bonchev–Trinajstić information content (AvgIpc) is 2.23. The summed E-state index contributed by atoms with van der Waals surface area (Å²) in [5, 5.41) is 2.94. The Morgan fingerprint density at radius 1 is 1.15 bits per heavy atom. The van der Waals surface area contributed by atoms with Crippen LogP contribution < -0.4 is 5.32 Å². The summed E-state index contributed by atoms with van der Waals surface area (Å²) in [6.45, 7) is 17.3. The summed E-state index contributed by atoms with van der Waals surface area (Å²) >= 11 is 0. The molecule has 0 aliphatic carbocycles. The monoisotopic (exact) mass is 183 g/mol. The smallest absolute Gasteiger partial charge is 0.0294 e. The number of nitrogens with one attached hydrogen (secondary N) is 1.